The topological polar surface area (TPSA) is 41.1 Å². The highest BCUT2D eigenvalue weighted by Gasteiger charge is 2.15. The maximum atomic E-state index is 11.4. The first-order valence-corrected chi connectivity index (χ1v) is 4.91. The summed E-state index contributed by atoms with van der Waals surface area (Å²) in [7, 11) is 0. The van der Waals surface area contributed by atoms with E-state index in [0.29, 0.717) is 6.54 Å². The molecule has 3 nitrogen and oxygen atoms in total. The van der Waals surface area contributed by atoms with Gasteiger partial charge in [-0.1, -0.05) is 22.5 Å². The number of rotatable bonds is 3. The van der Waals surface area contributed by atoms with Gasteiger partial charge in [0.1, 0.15) is 0 Å². The van der Waals surface area contributed by atoms with E-state index in [2.05, 4.69) is 33.1 Å². The Morgan fingerprint density at radius 3 is 2.69 bits per heavy atom. The van der Waals surface area contributed by atoms with Crippen LogP contribution in [0.3, 0.4) is 0 Å². The summed E-state index contributed by atoms with van der Waals surface area (Å²) < 4.78 is 0.783. The van der Waals surface area contributed by atoms with Crippen molar-refractivity contribution >= 4 is 21.8 Å². The fourth-order valence-corrected chi connectivity index (χ4v) is 1.12. The van der Waals surface area contributed by atoms with Crippen LogP contribution >= 0.6 is 15.9 Å². The lowest BCUT2D eigenvalue weighted by atomic mass is 10.0. The predicted octanol–water partition coefficient (Wildman–Crippen LogP) is 0.931. The third-order valence-corrected chi connectivity index (χ3v) is 2.27. The largest absolute Gasteiger partial charge is 0.348 e. The number of hydrogen-bond acceptors (Lipinski definition) is 2. The van der Waals surface area contributed by atoms with Crippen LogP contribution in [0.25, 0.3) is 0 Å². The fourth-order valence-electron chi connectivity index (χ4n) is 0.984. The molecule has 2 N–H and O–H groups in total. The SMILES string of the molecule is C=C(Br)CNC(=O)C(C)=C1CNC1. The summed E-state index contributed by atoms with van der Waals surface area (Å²) in [6, 6.07) is 0. The first-order valence-electron chi connectivity index (χ1n) is 4.12. The molecule has 0 radical (unpaired) electrons. The molecule has 0 aromatic heterocycles. The minimum absolute atomic E-state index is 0.00269. The molecule has 0 aliphatic carbocycles. The molecule has 0 aromatic rings. The molecule has 0 atom stereocenters. The van der Waals surface area contributed by atoms with Crippen molar-refractivity contribution in [2.75, 3.05) is 19.6 Å². The summed E-state index contributed by atoms with van der Waals surface area (Å²) in [6.07, 6.45) is 0. The molecule has 4 heteroatoms. The van der Waals surface area contributed by atoms with Crippen LogP contribution in [-0.4, -0.2) is 25.5 Å². The molecule has 1 aliphatic heterocycles. The molecular weight excluding hydrogens is 232 g/mol. The normalized spacial score (nSPS) is 14.8. The summed E-state index contributed by atoms with van der Waals surface area (Å²) in [5, 5.41) is 5.86. The van der Waals surface area contributed by atoms with Gasteiger partial charge in [0, 0.05) is 29.7 Å². The van der Waals surface area contributed by atoms with Crippen LogP contribution in [0.1, 0.15) is 6.92 Å². The number of carbonyl (C=O) groups is 1. The van der Waals surface area contributed by atoms with Gasteiger partial charge in [0.05, 0.1) is 0 Å². The van der Waals surface area contributed by atoms with Gasteiger partial charge in [0.25, 0.3) is 0 Å². The van der Waals surface area contributed by atoms with Crippen molar-refractivity contribution in [3.8, 4) is 0 Å². The van der Waals surface area contributed by atoms with Crippen LogP contribution in [0, 0.1) is 0 Å². The van der Waals surface area contributed by atoms with Gasteiger partial charge < -0.3 is 10.6 Å². The number of hydrogen-bond donors (Lipinski definition) is 2. The Balaban J connectivity index is 2.43. The highest BCUT2D eigenvalue weighted by atomic mass is 79.9. The molecular formula is C9H13BrN2O. The maximum Gasteiger partial charge on any atom is 0.247 e. The van der Waals surface area contributed by atoms with Crippen molar-refractivity contribution < 1.29 is 4.79 Å². The molecule has 1 amide bonds. The molecule has 1 saturated heterocycles. The van der Waals surface area contributed by atoms with E-state index in [-0.39, 0.29) is 5.91 Å². The number of halogens is 1. The molecule has 1 fully saturated rings. The van der Waals surface area contributed by atoms with Crippen molar-refractivity contribution in [1.29, 1.82) is 0 Å². The van der Waals surface area contributed by atoms with Gasteiger partial charge in [-0.15, -0.1) is 0 Å². The molecule has 0 saturated carbocycles. The van der Waals surface area contributed by atoms with Gasteiger partial charge in [0.15, 0.2) is 0 Å². The summed E-state index contributed by atoms with van der Waals surface area (Å²) in [5.74, 6) is -0.00269. The Kier molecular flexibility index (Phi) is 3.69. The lowest BCUT2D eigenvalue weighted by Gasteiger charge is -2.21. The molecule has 13 heavy (non-hydrogen) atoms. The van der Waals surface area contributed by atoms with E-state index in [0.717, 1.165) is 23.1 Å². The molecule has 0 bridgehead atoms. The zero-order chi connectivity index (χ0) is 9.84. The lowest BCUT2D eigenvalue weighted by Crippen LogP contribution is -2.37. The second-order valence-electron chi connectivity index (χ2n) is 3.03. The Labute approximate surface area is 86.4 Å². The smallest absolute Gasteiger partial charge is 0.247 e. The van der Waals surface area contributed by atoms with E-state index in [1.54, 1.807) is 0 Å². The Bertz CT molecular complexity index is 265. The van der Waals surface area contributed by atoms with Crippen LogP contribution in [0.4, 0.5) is 0 Å². The molecule has 1 aliphatic rings. The average molecular weight is 245 g/mol. The zero-order valence-corrected chi connectivity index (χ0v) is 9.20. The van der Waals surface area contributed by atoms with Gasteiger partial charge in [-0.3, -0.25) is 4.79 Å². The summed E-state index contributed by atoms with van der Waals surface area (Å²) >= 11 is 3.18. The van der Waals surface area contributed by atoms with Crippen molar-refractivity contribution in [3.63, 3.8) is 0 Å². The van der Waals surface area contributed by atoms with E-state index < -0.39 is 0 Å². The van der Waals surface area contributed by atoms with E-state index in [1.165, 1.54) is 5.57 Å². The Morgan fingerprint density at radius 1 is 1.69 bits per heavy atom. The monoisotopic (exact) mass is 244 g/mol. The maximum absolute atomic E-state index is 11.4. The quantitative estimate of drug-likeness (QED) is 0.726. The molecule has 0 spiro atoms. The minimum Gasteiger partial charge on any atom is -0.348 e. The fraction of sp³-hybridized carbons (Fsp3) is 0.444. The molecule has 0 unspecified atom stereocenters. The number of carbonyl (C=O) groups excluding carboxylic acids is 1. The second kappa shape index (κ2) is 4.58. The first kappa shape index (κ1) is 10.5. The molecule has 0 aromatic carbocycles. The van der Waals surface area contributed by atoms with Crippen molar-refractivity contribution in [2.24, 2.45) is 0 Å². The van der Waals surface area contributed by atoms with E-state index >= 15 is 0 Å². The van der Waals surface area contributed by atoms with Crippen molar-refractivity contribution in [1.82, 2.24) is 10.6 Å². The molecule has 1 rings (SSSR count). The highest BCUT2D eigenvalue weighted by molar-refractivity contribution is 9.11. The third-order valence-electron chi connectivity index (χ3n) is 1.99. The van der Waals surface area contributed by atoms with Crippen LogP contribution < -0.4 is 10.6 Å². The van der Waals surface area contributed by atoms with Crippen molar-refractivity contribution in [2.45, 2.75) is 6.92 Å². The van der Waals surface area contributed by atoms with E-state index in [4.69, 9.17) is 0 Å². The Morgan fingerprint density at radius 2 is 2.31 bits per heavy atom. The standard InChI is InChI=1S/C9H13BrN2O/c1-6(10)3-12-9(13)7(2)8-4-11-5-8/h11H,1,3-5H2,2H3,(H,12,13). The van der Waals surface area contributed by atoms with Crippen LogP contribution in [0.5, 0.6) is 0 Å². The van der Waals surface area contributed by atoms with Gasteiger partial charge in [-0.2, -0.15) is 0 Å². The van der Waals surface area contributed by atoms with Crippen LogP contribution in [-0.2, 0) is 4.79 Å². The number of amides is 1. The molecule has 1 heterocycles. The zero-order valence-electron chi connectivity index (χ0n) is 7.61. The van der Waals surface area contributed by atoms with Crippen LogP contribution in [0.15, 0.2) is 22.2 Å². The predicted molar refractivity (Wildman–Crippen MR) is 56.6 cm³/mol. The van der Waals surface area contributed by atoms with Crippen LogP contribution in [0.2, 0.25) is 0 Å². The van der Waals surface area contributed by atoms with Gasteiger partial charge in [-0.05, 0) is 12.5 Å². The number of nitrogens with one attached hydrogen (secondary N) is 2. The Hall–Kier alpha value is -0.610. The average Bonchev–Trinajstić information content (AvgIpc) is 1.96. The van der Waals surface area contributed by atoms with Gasteiger partial charge >= 0.3 is 0 Å². The van der Waals surface area contributed by atoms with E-state index in [1.807, 2.05) is 6.92 Å². The van der Waals surface area contributed by atoms with Gasteiger partial charge in [0.2, 0.25) is 5.91 Å². The van der Waals surface area contributed by atoms with Gasteiger partial charge in [-0.25, -0.2) is 0 Å². The minimum atomic E-state index is -0.00269. The highest BCUT2D eigenvalue weighted by Crippen LogP contribution is 2.08. The first-order chi connectivity index (χ1) is 6.11. The second-order valence-corrected chi connectivity index (χ2v) is 4.15. The van der Waals surface area contributed by atoms with E-state index in [9.17, 15) is 4.79 Å². The summed E-state index contributed by atoms with van der Waals surface area (Å²) in [6.45, 7) is 7.66. The van der Waals surface area contributed by atoms with Crippen molar-refractivity contribution in [3.05, 3.63) is 22.2 Å². The molecule has 72 valence electrons. The summed E-state index contributed by atoms with van der Waals surface area (Å²) in [4.78, 5) is 11.4. The lowest BCUT2D eigenvalue weighted by molar-refractivity contribution is -0.117. The third kappa shape index (κ3) is 2.97. The summed E-state index contributed by atoms with van der Waals surface area (Å²) in [5.41, 5.74) is 2.02.